The minimum atomic E-state index is -1.94. The summed E-state index contributed by atoms with van der Waals surface area (Å²) < 4.78 is 30.5. The van der Waals surface area contributed by atoms with Gasteiger partial charge in [-0.2, -0.15) is 0 Å². The van der Waals surface area contributed by atoms with Crippen molar-refractivity contribution in [2.45, 2.75) is 13.1 Å². The molecule has 0 aliphatic rings. The topological polar surface area (TPSA) is 124 Å². The highest BCUT2D eigenvalue weighted by Crippen LogP contribution is 2.19. The second kappa shape index (κ2) is 14.5. The second-order valence-electron chi connectivity index (χ2n) is 8.96. The molecular weight excluding hydrogens is 524 g/mol. The van der Waals surface area contributed by atoms with Crippen LogP contribution in [0.25, 0.3) is 12.2 Å². The number of hydrogen-bond donors (Lipinski definition) is 0. The Labute approximate surface area is 228 Å². The summed E-state index contributed by atoms with van der Waals surface area (Å²) in [6, 6.07) is 13.8. The molecule has 0 saturated heterocycles. The standard InChI is InChI=1S/C28H32O10Si/c1-33-25(29)23(26(30)34-2)15-19-7-11-21(12-8-19)37-17-39(5,6)18-38-22-13-9-20(10-14-22)16-24(27(31)35-3)28(32)36-4/h7-16H,17-18H2,1-6H3. The van der Waals surface area contributed by atoms with E-state index in [4.69, 9.17) is 9.47 Å². The van der Waals surface area contributed by atoms with Crippen LogP contribution in [0.4, 0.5) is 0 Å². The van der Waals surface area contributed by atoms with Crippen LogP contribution >= 0.6 is 0 Å². The molecule has 2 rings (SSSR count). The first-order valence-corrected chi connectivity index (χ1v) is 15.2. The maximum atomic E-state index is 11.8. The Bertz CT molecular complexity index is 1100. The van der Waals surface area contributed by atoms with Crippen LogP contribution in [-0.2, 0) is 38.1 Å². The summed E-state index contributed by atoms with van der Waals surface area (Å²) in [6.07, 6.45) is 3.75. The molecule has 0 amide bonds. The number of esters is 4. The molecule has 11 heteroatoms. The van der Waals surface area contributed by atoms with Gasteiger partial charge in [0.05, 0.1) is 40.9 Å². The molecule has 0 aliphatic carbocycles. The SMILES string of the molecule is COC(=O)C(=Cc1ccc(OC[Si](C)(C)COc2ccc(C=C(C(=O)OC)C(=O)OC)cc2)cc1)C(=O)OC. The lowest BCUT2D eigenvalue weighted by Gasteiger charge is -2.23. The van der Waals surface area contributed by atoms with Gasteiger partial charge in [-0.05, 0) is 47.5 Å². The lowest BCUT2D eigenvalue weighted by molar-refractivity contribution is -0.145. The minimum Gasteiger partial charge on any atom is -0.497 e. The van der Waals surface area contributed by atoms with Crippen molar-refractivity contribution in [2.75, 3.05) is 40.9 Å². The van der Waals surface area contributed by atoms with Crippen molar-refractivity contribution in [2.24, 2.45) is 0 Å². The van der Waals surface area contributed by atoms with E-state index in [2.05, 4.69) is 32.0 Å². The van der Waals surface area contributed by atoms with E-state index in [0.29, 0.717) is 35.1 Å². The van der Waals surface area contributed by atoms with Gasteiger partial charge < -0.3 is 28.4 Å². The summed E-state index contributed by atoms with van der Waals surface area (Å²) in [5.41, 5.74) is 0.791. The highest BCUT2D eigenvalue weighted by molar-refractivity contribution is 6.77. The van der Waals surface area contributed by atoms with E-state index in [-0.39, 0.29) is 11.1 Å². The third-order valence-corrected chi connectivity index (χ3v) is 7.11. The Morgan fingerprint density at radius 3 is 1.10 bits per heavy atom. The molecule has 0 saturated carbocycles. The van der Waals surface area contributed by atoms with Crippen LogP contribution in [0.5, 0.6) is 11.5 Å². The molecule has 0 N–H and O–H groups in total. The highest BCUT2D eigenvalue weighted by atomic mass is 28.3. The minimum absolute atomic E-state index is 0.212. The largest absolute Gasteiger partial charge is 0.497 e. The average Bonchev–Trinajstić information content (AvgIpc) is 2.96. The van der Waals surface area contributed by atoms with Gasteiger partial charge in [0.25, 0.3) is 0 Å². The molecule has 0 unspecified atom stereocenters. The molecule has 0 atom stereocenters. The number of hydrogen-bond acceptors (Lipinski definition) is 10. The molecule has 0 radical (unpaired) electrons. The Balaban J connectivity index is 1.98. The van der Waals surface area contributed by atoms with E-state index >= 15 is 0 Å². The summed E-state index contributed by atoms with van der Waals surface area (Å²) in [5, 5.41) is 0. The van der Waals surface area contributed by atoms with Gasteiger partial charge in [-0.3, -0.25) is 0 Å². The van der Waals surface area contributed by atoms with Gasteiger partial charge in [0.15, 0.2) is 0 Å². The molecule has 0 aliphatic heterocycles. The lowest BCUT2D eigenvalue weighted by atomic mass is 10.1. The van der Waals surface area contributed by atoms with E-state index in [0.717, 1.165) is 0 Å². The summed E-state index contributed by atoms with van der Waals surface area (Å²) in [5.74, 6) is -1.87. The van der Waals surface area contributed by atoms with E-state index < -0.39 is 32.0 Å². The van der Waals surface area contributed by atoms with Gasteiger partial charge in [-0.15, -0.1) is 0 Å². The molecule has 0 heterocycles. The predicted molar refractivity (Wildman–Crippen MR) is 145 cm³/mol. The van der Waals surface area contributed by atoms with Crippen LogP contribution in [0, 0.1) is 0 Å². The van der Waals surface area contributed by atoms with Crippen molar-refractivity contribution in [1.82, 2.24) is 0 Å². The first-order valence-electron chi connectivity index (χ1n) is 11.8. The summed E-state index contributed by atoms with van der Waals surface area (Å²) >= 11 is 0. The van der Waals surface area contributed by atoms with Gasteiger partial charge in [0.2, 0.25) is 0 Å². The first-order chi connectivity index (χ1) is 18.5. The zero-order chi connectivity index (χ0) is 29.0. The normalized spacial score (nSPS) is 10.4. The number of carbonyl (C=O) groups excluding carboxylic acids is 4. The van der Waals surface area contributed by atoms with Crippen molar-refractivity contribution in [3.05, 3.63) is 70.8 Å². The maximum Gasteiger partial charge on any atom is 0.345 e. The first kappa shape index (κ1) is 30.8. The number of ether oxygens (including phenoxy) is 6. The predicted octanol–water partition coefficient (Wildman–Crippen LogP) is 3.39. The van der Waals surface area contributed by atoms with Crippen LogP contribution in [0.2, 0.25) is 13.1 Å². The monoisotopic (exact) mass is 556 g/mol. The average molecular weight is 557 g/mol. The molecule has 208 valence electrons. The second-order valence-corrected chi connectivity index (χ2v) is 13.9. The molecule has 0 aromatic heterocycles. The Hall–Kier alpha value is -4.38. The summed E-state index contributed by atoms with van der Waals surface area (Å²) in [6.45, 7) is 4.25. The lowest BCUT2D eigenvalue weighted by Crippen LogP contribution is -2.41. The third-order valence-electron chi connectivity index (χ3n) is 5.26. The molecule has 0 fully saturated rings. The van der Waals surface area contributed by atoms with Gasteiger partial charge in [-0.25, -0.2) is 19.2 Å². The van der Waals surface area contributed by atoms with E-state index in [9.17, 15) is 19.2 Å². The summed E-state index contributed by atoms with van der Waals surface area (Å²) in [4.78, 5) is 47.3. The molecule has 0 bridgehead atoms. The fraction of sp³-hybridized carbons (Fsp3) is 0.286. The van der Waals surface area contributed by atoms with Crippen molar-refractivity contribution in [1.29, 1.82) is 0 Å². The van der Waals surface area contributed by atoms with Crippen LogP contribution in [-0.4, -0.2) is 72.9 Å². The fourth-order valence-corrected chi connectivity index (χ4v) is 4.29. The van der Waals surface area contributed by atoms with Crippen LogP contribution in [0.15, 0.2) is 59.7 Å². The molecule has 2 aromatic carbocycles. The Morgan fingerprint density at radius 2 is 0.846 bits per heavy atom. The van der Waals surface area contributed by atoms with Crippen LogP contribution in [0.1, 0.15) is 11.1 Å². The maximum absolute atomic E-state index is 11.8. The Morgan fingerprint density at radius 1 is 0.564 bits per heavy atom. The number of carbonyl (C=O) groups is 4. The number of rotatable bonds is 12. The van der Waals surface area contributed by atoms with Crippen molar-refractivity contribution < 1.29 is 47.6 Å². The zero-order valence-electron chi connectivity index (χ0n) is 22.8. The van der Waals surface area contributed by atoms with E-state index in [1.165, 1.54) is 40.6 Å². The molecule has 0 spiro atoms. The fourth-order valence-electron chi connectivity index (χ4n) is 3.10. The molecule has 10 nitrogen and oxygen atoms in total. The van der Waals surface area contributed by atoms with Gasteiger partial charge in [-0.1, -0.05) is 37.4 Å². The van der Waals surface area contributed by atoms with Gasteiger partial charge in [0.1, 0.15) is 30.7 Å². The van der Waals surface area contributed by atoms with E-state index in [1.54, 1.807) is 48.5 Å². The summed E-state index contributed by atoms with van der Waals surface area (Å²) in [7, 11) is 2.81. The quantitative estimate of drug-likeness (QED) is 0.0960. The van der Waals surface area contributed by atoms with E-state index in [1.807, 2.05) is 0 Å². The van der Waals surface area contributed by atoms with Crippen molar-refractivity contribution in [3.8, 4) is 11.5 Å². The third kappa shape index (κ3) is 9.45. The smallest absolute Gasteiger partial charge is 0.345 e. The number of methoxy groups -OCH3 is 4. The van der Waals surface area contributed by atoms with Crippen LogP contribution in [0.3, 0.4) is 0 Å². The van der Waals surface area contributed by atoms with Crippen LogP contribution < -0.4 is 9.47 Å². The van der Waals surface area contributed by atoms with Crippen molar-refractivity contribution in [3.63, 3.8) is 0 Å². The van der Waals surface area contributed by atoms with Gasteiger partial charge in [0, 0.05) is 0 Å². The zero-order valence-corrected chi connectivity index (χ0v) is 23.8. The molecule has 2 aromatic rings. The molecule has 39 heavy (non-hydrogen) atoms. The van der Waals surface area contributed by atoms with Crippen molar-refractivity contribution >= 4 is 44.1 Å². The highest BCUT2D eigenvalue weighted by Gasteiger charge is 2.24. The molecular formula is C28H32O10Si. The number of benzene rings is 2. The van der Waals surface area contributed by atoms with Gasteiger partial charge >= 0.3 is 23.9 Å². The Kier molecular flexibility index (Phi) is 11.5.